The Kier molecular flexibility index (Phi) is 4.07. The van der Waals surface area contributed by atoms with Gasteiger partial charge in [0.25, 0.3) is 10.0 Å². The highest BCUT2D eigenvalue weighted by Gasteiger charge is 2.24. The first-order valence-corrected chi connectivity index (χ1v) is 8.25. The monoisotopic (exact) mass is 367 g/mol. The van der Waals surface area contributed by atoms with Crippen molar-refractivity contribution in [1.29, 1.82) is 0 Å². The smallest absolute Gasteiger partial charge is 0.512 e. The zero-order valence-corrected chi connectivity index (χ0v) is 13.2. The summed E-state index contributed by atoms with van der Waals surface area (Å²) < 4.78 is 44.7. The standard InChI is InChI=1S/C14H11BFNO7S/c16-11-5-8(18)1-2-14(11)25(22,23)17-4-3-10-12(17)6-9(7-13(10)19)24-15(20)21/h1-7,18-21H. The minimum Gasteiger partial charge on any atom is -0.512 e. The van der Waals surface area contributed by atoms with Crippen LogP contribution in [-0.2, 0) is 10.0 Å². The van der Waals surface area contributed by atoms with Crippen LogP contribution in [0.25, 0.3) is 10.9 Å². The molecule has 0 aliphatic carbocycles. The molecule has 0 saturated heterocycles. The second kappa shape index (κ2) is 5.95. The van der Waals surface area contributed by atoms with Crippen LogP contribution in [0.3, 0.4) is 0 Å². The molecule has 0 bridgehead atoms. The fourth-order valence-corrected chi connectivity index (χ4v) is 3.77. The van der Waals surface area contributed by atoms with Gasteiger partial charge in [-0.2, -0.15) is 0 Å². The third-order valence-electron chi connectivity index (χ3n) is 3.42. The molecule has 0 spiro atoms. The van der Waals surface area contributed by atoms with Crippen LogP contribution in [0.2, 0.25) is 0 Å². The Bertz CT molecular complexity index is 1060. The van der Waals surface area contributed by atoms with E-state index < -0.39 is 33.8 Å². The van der Waals surface area contributed by atoms with Crippen molar-refractivity contribution in [2.45, 2.75) is 4.90 Å². The second-order valence-corrected chi connectivity index (χ2v) is 6.83. The van der Waals surface area contributed by atoms with E-state index in [2.05, 4.69) is 4.65 Å². The summed E-state index contributed by atoms with van der Waals surface area (Å²) in [6.07, 6.45) is 1.10. The summed E-state index contributed by atoms with van der Waals surface area (Å²) >= 11 is 0. The number of fused-ring (bicyclic) bond motifs is 1. The number of halogens is 1. The molecule has 0 fully saturated rings. The summed E-state index contributed by atoms with van der Waals surface area (Å²) in [5.74, 6) is -2.15. The zero-order chi connectivity index (χ0) is 18.4. The molecule has 0 saturated carbocycles. The first kappa shape index (κ1) is 17.1. The summed E-state index contributed by atoms with van der Waals surface area (Å²) in [7, 11) is -6.57. The minimum atomic E-state index is -4.39. The van der Waals surface area contributed by atoms with Crippen LogP contribution in [0.4, 0.5) is 4.39 Å². The van der Waals surface area contributed by atoms with Crippen molar-refractivity contribution in [2.24, 2.45) is 0 Å². The molecule has 0 unspecified atom stereocenters. The van der Waals surface area contributed by atoms with Crippen molar-refractivity contribution in [1.82, 2.24) is 3.97 Å². The number of aromatic nitrogens is 1. The van der Waals surface area contributed by atoms with E-state index in [1.54, 1.807) is 0 Å². The number of aromatic hydroxyl groups is 2. The molecule has 4 N–H and O–H groups in total. The molecule has 8 nitrogen and oxygen atoms in total. The molecular weight excluding hydrogens is 356 g/mol. The van der Waals surface area contributed by atoms with E-state index in [4.69, 9.17) is 10.0 Å². The number of phenols is 2. The SMILES string of the molecule is O=S(=O)(c1ccc(O)cc1F)n1ccc2c(O)cc(OB(O)O)cc21. The van der Waals surface area contributed by atoms with Crippen molar-refractivity contribution in [3.63, 3.8) is 0 Å². The average molecular weight is 367 g/mol. The van der Waals surface area contributed by atoms with Crippen molar-refractivity contribution in [3.8, 4) is 17.2 Å². The zero-order valence-electron chi connectivity index (χ0n) is 12.4. The first-order valence-electron chi connectivity index (χ1n) is 6.81. The van der Waals surface area contributed by atoms with Gasteiger partial charge in [-0.1, -0.05) is 0 Å². The summed E-state index contributed by atoms with van der Waals surface area (Å²) in [4.78, 5) is -0.684. The molecule has 3 rings (SSSR count). The van der Waals surface area contributed by atoms with Gasteiger partial charge in [0.1, 0.15) is 28.0 Å². The summed E-state index contributed by atoms with van der Waals surface area (Å²) in [5.41, 5.74) is -0.0666. The van der Waals surface area contributed by atoms with E-state index in [1.165, 1.54) is 6.07 Å². The quantitative estimate of drug-likeness (QED) is 0.502. The van der Waals surface area contributed by atoms with Gasteiger partial charge in [-0.05, 0) is 18.2 Å². The van der Waals surface area contributed by atoms with Gasteiger partial charge in [0, 0.05) is 29.8 Å². The van der Waals surface area contributed by atoms with Gasteiger partial charge in [0.2, 0.25) is 0 Å². The third kappa shape index (κ3) is 3.00. The largest absolute Gasteiger partial charge is 0.707 e. The lowest BCUT2D eigenvalue weighted by Crippen LogP contribution is -2.20. The summed E-state index contributed by atoms with van der Waals surface area (Å²) in [5, 5.41) is 37.0. The first-order chi connectivity index (χ1) is 11.7. The molecule has 0 radical (unpaired) electrons. The van der Waals surface area contributed by atoms with Crippen molar-refractivity contribution in [2.75, 3.05) is 0 Å². The van der Waals surface area contributed by atoms with Crippen LogP contribution in [0, 0.1) is 5.82 Å². The van der Waals surface area contributed by atoms with Crippen LogP contribution in [-0.4, -0.2) is 40.0 Å². The molecular formula is C14H11BFNO7S. The molecule has 1 heterocycles. The van der Waals surface area contributed by atoms with E-state index in [-0.39, 0.29) is 22.4 Å². The molecule has 130 valence electrons. The van der Waals surface area contributed by atoms with Gasteiger partial charge in [-0.3, -0.25) is 0 Å². The Morgan fingerprint density at radius 3 is 2.44 bits per heavy atom. The molecule has 0 amide bonds. The van der Waals surface area contributed by atoms with Gasteiger partial charge in [-0.15, -0.1) is 0 Å². The molecule has 0 aliphatic heterocycles. The Hall–Kier alpha value is -2.76. The highest BCUT2D eigenvalue weighted by atomic mass is 32.2. The van der Waals surface area contributed by atoms with E-state index >= 15 is 0 Å². The number of benzene rings is 2. The predicted octanol–water partition coefficient (Wildman–Crippen LogP) is 0.777. The summed E-state index contributed by atoms with van der Waals surface area (Å²) in [6, 6.07) is 6.09. The maximum absolute atomic E-state index is 14.0. The third-order valence-corrected chi connectivity index (χ3v) is 5.14. The number of nitrogens with zero attached hydrogens (tertiary/aromatic N) is 1. The molecule has 2 aromatic carbocycles. The van der Waals surface area contributed by atoms with Crippen LogP contribution >= 0.6 is 0 Å². The van der Waals surface area contributed by atoms with Gasteiger partial charge < -0.3 is 24.9 Å². The number of hydrogen-bond donors (Lipinski definition) is 4. The fourth-order valence-electron chi connectivity index (χ4n) is 2.38. The maximum atomic E-state index is 14.0. The number of hydrogen-bond acceptors (Lipinski definition) is 7. The van der Waals surface area contributed by atoms with Crippen LogP contribution in [0.15, 0.2) is 47.5 Å². The van der Waals surface area contributed by atoms with E-state index in [1.807, 2.05) is 0 Å². The molecule has 0 aliphatic rings. The van der Waals surface area contributed by atoms with Crippen LogP contribution < -0.4 is 4.65 Å². The molecule has 1 aromatic heterocycles. The Morgan fingerprint density at radius 2 is 1.80 bits per heavy atom. The summed E-state index contributed by atoms with van der Waals surface area (Å²) in [6.45, 7) is 0. The highest BCUT2D eigenvalue weighted by molar-refractivity contribution is 7.90. The lowest BCUT2D eigenvalue weighted by Gasteiger charge is -2.11. The molecule has 3 aromatic rings. The van der Waals surface area contributed by atoms with Gasteiger partial charge in [0.05, 0.1) is 5.52 Å². The van der Waals surface area contributed by atoms with Crippen molar-refractivity contribution in [3.05, 3.63) is 48.4 Å². The van der Waals surface area contributed by atoms with Gasteiger partial charge >= 0.3 is 7.32 Å². The topological polar surface area (TPSA) is 129 Å². The van der Waals surface area contributed by atoms with Crippen LogP contribution in [0.5, 0.6) is 17.2 Å². The number of rotatable bonds is 4. The van der Waals surface area contributed by atoms with Gasteiger partial charge in [0.15, 0.2) is 0 Å². The molecule has 11 heteroatoms. The molecule has 25 heavy (non-hydrogen) atoms. The fraction of sp³-hybridized carbons (Fsp3) is 0. The van der Waals surface area contributed by atoms with E-state index in [0.29, 0.717) is 10.0 Å². The Balaban J connectivity index is 2.22. The van der Waals surface area contributed by atoms with Crippen molar-refractivity contribution < 1.29 is 37.7 Å². The second-order valence-electron chi connectivity index (χ2n) is 5.05. The Morgan fingerprint density at radius 1 is 1.08 bits per heavy atom. The van der Waals surface area contributed by atoms with E-state index in [9.17, 15) is 23.0 Å². The van der Waals surface area contributed by atoms with Crippen LogP contribution in [0.1, 0.15) is 0 Å². The predicted molar refractivity (Wildman–Crippen MR) is 85.1 cm³/mol. The van der Waals surface area contributed by atoms with Gasteiger partial charge in [-0.25, -0.2) is 16.8 Å². The lowest BCUT2D eigenvalue weighted by molar-refractivity contribution is 0.288. The highest BCUT2D eigenvalue weighted by Crippen LogP contribution is 2.33. The lowest BCUT2D eigenvalue weighted by atomic mass is 10.2. The maximum Gasteiger partial charge on any atom is 0.707 e. The average Bonchev–Trinajstić information content (AvgIpc) is 2.91. The minimum absolute atomic E-state index is 0.0666. The molecule has 0 atom stereocenters. The normalized spacial score (nSPS) is 11.6. The Labute approximate surface area is 141 Å². The number of phenolic OH excluding ortho intramolecular Hbond substituents is 2. The van der Waals surface area contributed by atoms with Crippen molar-refractivity contribution >= 4 is 28.2 Å². The van der Waals surface area contributed by atoms with E-state index in [0.717, 1.165) is 30.5 Å².